The molecule has 1 aromatic carbocycles. The molecule has 1 fully saturated rings. The molecule has 0 saturated heterocycles. The van der Waals surface area contributed by atoms with Crippen molar-refractivity contribution in [2.24, 2.45) is 17.6 Å². The Bertz CT molecular complexity index is 610. The largest absolute Gasteiger partial charge is 0.326 e. The number of carbonyl (C=O) groups is 1. The number of halogens is 1. The average Bonchev–Trinajstić information content (AvgIpc) is 3.26. The number of allylic oxidation sites excluding steroid dienone is 3. The van der Waals surface area contributed by atoms with Crippen molar-refractivity contribution in [1.29, 1.82) is 0 Å². The topological polar surface area (TPSA) is 64.3 Å². The summed E-state index contributed by atoms with van der Waals surface area (Å²) in [4.78, 5) is 16.0. The van der Waals surface area contributed by atoms with Crippen LogP contribution in [0.5, 0.6) is 0 Å². The van der Waals surface area contributed by atoms with E-state index >= 15 is 0 Å². The van der Waals surface area contributed by atoms with Crippen LogP contribution in [0.25, 0.3) is 0 Å². The number of nitrogens with one attached hydrogen (secondary N) is 1. The van der Waals surface area contributed by atoms with Gasteiger partial charge < -0.3 is 11.1 Å². The summed E-state index contributed by atoms with van der Waals surface area (Å²) in [6.07, 6.45) is 3.92. The van der Waals surface area contributed by atoms with Crippen molar-refractivity contribution in [3.63, 3.8) is 0 Å². The number of hydrogen-bond acceptors (Lipinski definition) is 3. The van der Waals surface area contributed by atoms with Gasteiger partial charge in [-0.1, -0.05) is 12.1 Å². The number of fused-ring (bicyclic) bond motifs is 1. The van der Waals surface area contributed by atoms with Crippen LogP contribution in [-0.2, 0) is 16.3 Å². The van der Waals surface area contributed by atoms with Crippen molar-refractivity contribution >= 4 is 11.6 Å². The number of benzene rings is 1. The van der Waals surface area contributed by atoms with E-state index in [1.807, 2.05) is 24.3 Å². The van der Waals surface area contributed by atoms with Gasteiger partial charge in [-0.25, -0.2) is 0 Å². The molecule has 0 spiro atoms. The number of anilines is 1. The molecule has 1 amide bonds. The molecule has 0 aromatic heterocycles. The lowest BCUT2D eigenvalue weighted by atomic mass is 10.0. The van der Waals surface area contributed by atoms with Gasteiger partial charge in [0, 0.05) is 34.2 Å². The Kier molecular flexibility index (Phi) is 3.28. The Balaban J connectivity index is 1.74. The van der Waals surface area contributed by atoms with Gasteiger partial charge in [0.05, 0.1) is 0 Å². The van der Waals surface area contributed by atoms with Crippen molar-refractivity contribution in [3.05, 3.63) is 53.3 Å². The van der Waals surface area contributed by atoms with Gasteiger partial charge in [-0.05, 0) is 36.3 Å². The fourth-order valence-electron chi connectivity index (χ4n) is 2.58. The zero-order chi connectivity index (χ0) is 14.1. The molecule has 2 aliphatic carbocycles. The third-order valence-electron chi connectivity index (χ3n) is 3.75. The number of nitrogens with two attached hydrogens (primary N) is 1. The molecule has 4 nitrogen and oxygen atoms in total. The Morgan fingerprint density at radius 3 is 3.00 bits per heavy atom. The molecule has 104 valence electrons. The van der Waals surface area contributed by atoms with Crippen molar-refractivity contribution < 1.29 is 14.3 Å². The van der Waals surface area contributed by atoms with Gasteiger partial charge in [-0.2, -0.15) is 0 Å². The van der Waals surface area contributed by atoms with Crippen molar-refractivity contribution in [2.75, 3.05) is 5.32 Å². The van der Waals surface area contributed by atoms with E-state index < -0.39 is 0 Å². The highest BCUT2D eigenvalue weighted by atomic mass is 19.3. The molecular formula is C15H15FN2O2. The maximum atomic E-state index is 12.2. The van der Waals surface area contributed by atoms with Gasteiger partial charge in [0.1, 0.15) is 0 Å². The molecule has 2 atom stereocenters. The van der Waals surface area contributed by atoms with E-state index in [4.69, 9.17) is 5.73 Å². The molecule has 1 saturated carbocycles. The minimum atomic E-state index is -0.152. The third-order valence-corrected chi connectivity index (χ3v) is 3.75. The SMILES string of the molecule is NCc1cccc(NC(=O)C2=CC=C(OF)C3CC23)c1. The van der Waals surface area contributed by atoms with E-state index in [1.165, 1.54) is 6.08 Å². The van der Waals surface area contributed by atoms with Crippen LogP contribution in [0.15, 0.2) is 47.7 Å². The highest BCUT2D eigenvalue weighted by molar-refractivity contribution is 6.05. The Labute approximate surface area is 116 Å². The zero-order valence-electron chi connectivity index (χ0n) is 10.8. The van der Waals surface area contributed by atoms with E-state index in [2.05, 4.69) is 10.3 Å². The number of amides is 1. The predicted octanol–water partition coefficient (Wildman–Crippen LogP) is 2.44. The van der Waals surface area contributed by atoms with Crippen molar-refractivity contribution in [1.82, 2.24) is 0 Å². The van der Waals surface area contributed by atoms with Crippen LogP contribution in [0, 0.1) is 11.8 Å². The second-order valence-corrected chi connectivity index (χ2v) is 5.08. The Morgan fingerprint density at radius 1 is 1.40 bits per heavy atom. The first kappa shape index (κ1) is 12.9. The van der Waals surface area contributed by atoms with Gasteiger partial charge in [-0.3, -0.25) is 9.74 Å². The summed E-state index contributed by atoms with van der Waals surface area (Å²) in [6.45, 7) is 0.428. The van der Waals surface area contributed by atoms with E-state index in [0.717, 1.165) is 12.0 Å². The monoisotopic (exact) mass is 274 g/mol. The summed E-state index contributed by atoms with van der Waals surface area (Å²) in [5.74, 6) is 0.252. The molecule has 0 bridgehead atoms. The second-order valence-electron chi connectivity index (χ2n) is 5.08. The molecule has 5 heteroatoms. The van der Waals surface area contributed by atoms with Gasteiger partial charge >= 0.3 is 0 Å². The fraction of sp³-hybridized carbons (Fsp3) is 0.267. The second kappa shape index (κ2) is 5.09. The predicted molar refractivity (Wildman–Crippen MR) is 72.9 cm³/mol. The third kappa shape index (κ3) is 2.32. The summed E-state index contributed by atoms with van der Waals surface area (Å²) in [6, 6.07) is 7.41. The van der Waals surface area contributed by atoms with Gasteiger partial charge in [-0.15, -0.1) is 0 Å². The number of hydrogen-bond donors (Lipinski definition) is 2. The van der Waals surface area contributed by atoms with Gasteiger partial charge in [0.2, 0.25) is 0 Å². The van der Waals surface area contributed by atoms with Crippen LogP contribution < -0.4 is 11.1 Å². The summed E-state index contributed by atoms with van der Waals surface area (Å²) >= 11 is 0. The van der Waals surface area contributed by atoms with Crippen LogP contribution in [0.3, 0.4) is 0 Å². The van der Waals surface area contributed by atoms with Crippen LogP contribution in [0.2, 0.25) is 0 Å². The smallest absolute Gasteiger partial charge is 0.251 e. The zero-order valence-corrected chi connectivity index (χ0v) is 10.8. The van der Waals surface area contributed by atoms with Crippen LogP contribution in [0.4, 0.5) is 10.2 Å². The number of carbonyl (C=O) groups excluding carboxylic acids is 1. The highest BCUT2D eigenvalue weighted by Crippen LogP contribution is 2.51. The lowest BCUT2D eigenvalue weighted by Crippen LogP contribution is -2.17. The molecule has 0 aliphatic heterocycles. The first-order chi connectivity index (χ1) is 9.72. The van der Waals surface area contributed by atoms with Crippen LogP contribution >= 0.6 is 0 Å². The maximum Gasteiger partial charge on any atom is 0.251 e. The van der Waals surface area contributed by atoms with Gasteiger partial charge in [0.25, 0.3) is 5.91 Å². The van der Waals surface area contributed by atoms with E-state index in [-0.39, 0.29) is 17.7 Å². The standard InChI is InChI=1S/C15H15FN2O2/c16-20-14-5-4-11(12-7-13(12)14)15(19)18-10-3-1-2-9(6-10)8-17/h1-6,12-13H,7-8,17H2,(H,18,19). The van der Waals surface area contributed by atoms with Crippen LogP contribution in [0.1, 0.15) is 12.0 Å². The summed E-state index contributed by atoms with van der Waals surface area (Å²) in [5, 5.41) is 2.85. The molecule has 3 N–H and O–H groups in total. The van der Waals surface area contributed by atoms with Crippen molar-refractivity contribution in [3.8, 4) is 0 Å². The molecule has 0 radical (unpaired) electrons. The first-order valence-electron chi connectivity index (χ1n) is 6.53. The Morgan fingerprint density at radius 2 is 2.25 bits per heavy atom. The lowest BCUT2D eigenvalue weighted by molar-refractivity contribution is -0.113. The maximum absolute atomic E-state index is 12.2. The van der Waals surface area contributed by atoms with Crippen molar-refractivity contribution in [2.45, 2.75) is 13.0 Å². The minimum Gasteiger partial charge on any atom is -0.326 e. The molecular weight excluding hydrogens is 259 g/mol. The minimum absolute atomic E-state index is 0.0149. The van der Waals surface area contributed by atoms with E-state index in [1.54, 1.807) is 6.08 Å². The molecule has 20 heavy (non-hydrogen) atoms. The molecule has 3 rings (SSSR count). The molecule has 0 heterocycles. The van der Waals surface area contributed by atoms with Gasteiger partial charge in [0.15, 0.2) is 5.76 Å². The summed E-state index contributed by atoms with van der Waals surface area (Å²) in [5.41, 5.74) is 7.92. The molecule has 2 unspecified atom stereocenters. The molecule has 2 aliphatic rings. The van der Waals surface area contributed by atoms with E-state index in [0.29, 0.717) is 23.6 Å². The Hall–Kier alpha value is -2.14. The van der Waals surface area contributed by atoms with Crippen LogP contribution in [-0.4, -0.2) is 5.91 Å². The summed E-state index contributed by atoms with van der Waals surface area (Å²) in [7, 11) is 0. The lowest BCUT2D eigenvalue weighted by Gasteiger charge is -2.12. The first-order valence-corrected chi connectivity index (χ1v) is 6.53. The highest BCUT2D eigenvalue weighted by Gasteiger charge is 2.48. The fourth-order valence-corrected chi connectivity index (χ4v) is 2.58. The number of rotatable bonds is 4. The molecule has 1 aromatic rings. The quantitative estimate of drug-likeness (QED) is 0.886. The average molecular weight is 274 g/mol. The normalized spacial score (nSPS) is 23.3. The summed E-state index contributed by atoms with van der Waals surface area (Å²) < 4.78 is 12.2. The van der Waals surface area contributed by atoms with E-state index in [9.17, 15) is 9.32 Å².